The Hall–Kier alpha value is -0.995. The van der Waals surface area contributed by atoms with Gasteiger partial charge in [-0.25, -0.2) is 0 Å². The summed E-state index contributed by atoms with van der Waals surface area (Å²) < 4.78 is 0. The number of amides is 2. The van der Waals surface area contributed by atoms with E-state index >= 15 is 0 Å². The van der Waals surface area contributed by atoms with Gasteiger partial charge in [-0.15, -0.1) is 0 Å². The maximum Gasteiger partial charge on any atom is 0.211 e. The summed E-state index contributed by atoms with van der Waals surface area (Å²) in [7, 11) is 4.98. The molecule has 0 saturated carbocycles. The van der Waals surface area contributed by atoms with E-state index in [0.717, 1.165) is 0 Å². The van der Waals surface area contributed by atoms with E-state index in [1.807, 2.05) is 0 Å². The standard InChI is InChI=1S/C5H9BN2O2/c6-3-5(10)8-2-1-7-4-9/h4H,1-3H2,(H,7,9)(H,8,10). The van der Waals surface area contributed by atoms with E-state index in [0.29, 0.717) is 19.5 Å². The lowest BCUT2D eigenvalue weighted by Crippen LogP contribution is -2.30. The van der Waals surface area contributed by atoms with Crippen LogP contribution in [0.4, 0.5) is 0 Å². The number of carbonyl (C=O) groups is 2. The number of carbonyl (C=O) groups excluding carboxylic acids is 2. The molecule has 5 heteroatoms. The van der Waals surface area contributed by atoms with Gasteiger partial charge in [0.05, 0.1) is 7.85 Å². The van der Waals surface area contributed by atoms with E-state index in [1.165, 1.54) is 0 Å². The zero-order chi connectivity index (χ0) is 7.82. The molecule has 0 aromatic carbocycles. The van der Waals surface area contributed by atoms with Gasteiger partial charge in [-0.1, -0.05) is 0 Å². The van der Waals surface area contributed by atoms with Crippen LogP contribution < -0.4 is 10.6 Å². The zero-order valence-corrected chi connectivity index (χ0v) is 5.59. The highest BCUT2D eigenvalue weighted by Gasteiger charge is 1.92. The van der Waals surface area contributed by atoms with Crippen LogP contribution in [0.25, 0.3) is 0 Å². The second-order valence-electron chi connectivity index (χ2n) is 1.63. The molecule has 0 saturated heterocycles. The van der Waals surface area contributed by atoms with Gasteiger partial charge in [0.15, 0.2) is 0 Å². The summed E-state index contributed by atoms with van der Waals surface area (Å²) in [6.07, 6.45) is 0.565. The minimum atomic E-state index is -0.215. The van der Waals surface area contributed by atoms with Crippen LogP contribution >= 0.6 is 0 Å². The number of hydrogen-bond acceptors (Lipinski definition) is 2. The fourth-order valence-corrected chi connectivity index (χ4v) is 0.405. The van der Waals surface area contributed by atoms with Crippen molar-refractivity contribution in [3.63, 3.8) is 0 Å². The van der Waals surface area contributed by atoms with Crippen molar-refractivity contribution in [1.29, 1.82) is 0 Å². The molecular formula is C5H9BN2O2. The molecule has 2 radical (unpaired) electrons. The Balaban J connectivity index is 3.03. The summed E-state index contributed by atoms with van der Waals surface area (Å²) in [6, 6.07) is 0. The maximum absolute atomic E-state index is 10.4. The molecule has 0 unspecified atom stereocenters. The Bertz CT molecular complexity index is 118. The third-order valence-electron chi connectivity index (χ3n) is 0.860. The van der Waals surface area contributed by atoms with Gasteiger partial charge in [0.25, 0.3) is 0 Å². The summed E-state index contributed by atoms with van der Waals surface area (Å²) >= 11 is 0. The smallest absolute Gasteiger partial charge is 0.211 e. The molecule has 0 fully saturated rings. The second-order valence-corrected chi connectivity index (χ2v) is 1.63. The van der Waals surface area contributed by atoms with E-state index in [4.69, 9.17) is 7.85 Å². The lowest BCUT2D eigenvalue weighted by Gasteiger charge is -2.00. The topological polar surface area (TPSA) is 58.2 Å². The zero-order valence-electron chi connectivity index (χ0n) is 5.59. The largest absolute Gasteiger partial charge is 0.357 e. The monoisotopic (exact) mass is 140 g/mol. The Kier molecular flexibility index (Phi) is 5.52. The molecule has 0 aliphatic rings. The quantitative estimate of drug-likeness (QED) is 0.275. The van der Waals surface area contributed by atoms with Gasteiger partial charge in [0, 0.05) is 13.1 Å². The van der Waals surface area contributed by atoms with Crippen molar-refractivity contribution >= 4 is 20.2 Å². The molecule has 2 amide bonds. The fourth-order valence-electron chi connectivity index (χ4n) is 0.405. The van der Waals surface area contributed by atoms with E-state index in [9.17, 15) is 9.59 Å². The van der Waals surface area contributed by atoms with Crippen LogP contribution in [0.15, 0.2) is 0 Å². The molecule has 0 aromatic heterocycles. The van der Waals surface area contributed by atoms with Gasteiger partial charge in [-0.2, -0.15) is 0 Å². The summed E-state index contributed by atoms with van der Waals surface area (Å²) in [5, 5.41) is 4.87. The predicted molar refractivity (Wildman–Crippen MR) is 37.6 cm³/mol. The summed E-state index contributed by atoms with van der Waals surface area (Å²) in [4.78, 5) is 20.1. The third kappa shape index (κ3) is 5.15. The number of nitrogens with one attached hydrogen (secondary N) is 2. The van der Waals surface area contributed by atoms with Gasteiger partial charge in [-0.3, -0.25) is 9.59 Å². The highest BCUT2D eigenvalue weighted by atomic mass is 16.1. The molecule has 2 N–H and O–H groups in total. The fraction of sp³-hybridized carbons (Fsp3) is 0.600. The molecule has 0 atom stereocenters. The van der Waals surface area contributed by atoms with Crippen LogP contribution in [0.2, 0.25) is 6.32 Å². The number of hydrogen-bond donors (Lipinski definition) is 2. The van der Waals surface area contributed by atoms with E-state index < -0.39 is 0 Å². The van der Waals surface area contributed by atoms with Crippen molar-refractivity contribution in [3.05, 3.63) is 0 Å². The van der Waals surface area contributed by atoms with E-state index in [2.05, 4.69) is 10.6 Å². The first-order chi connectivity index (χ1) is 4.81. The minimum Gasteiger partial charge on any atom is -0.357 e. The summed E-state index contributed by atoms with van der Waals surface area (Å²) in [5.74, 6) is -0.215. The first-order valence-electron chi connectivity index (χ1n) is 2.95. The van der Waals surface area contributed by atoms with Crippen molar-refractivity contribution in [2.75, 3.05) is 13.1 Å². The Morgan fingerprint density at radius 2 is 2.20 bits per heavy atom. The highest BCUT2D eigenvalue weighted by molar-refractivity contribution is 6.19. The molecule has 4 nitrogen and oxygen atoms in total. The molecule has 0 aromatic rings. The van der Waals surface area contributed by atoms with Crippen LogP contribution in [0.5, 0.6) is 0 Å². The van der Waals surface area contributed by atoms with Crippen LogP contribution in [-0.2, 0) is 9.59 Å². The van der Waals surface area contributed by atoms with Gasteiger partial charge in [-0.05, 0) is 6.32 Å². The van der Waals surface area contributed by atoms with Gasteiger partial charge < -0.3 is 10.6 Å². The average Bonchev–Trinajstić information content (AvgIpc) is 1.98. The molecule has 10 heavy (non-hydrogen) atoms. The van der Waals surface area contributed by atoms with Gasteiger partial charge >= 0.3 is 0 Å². The molecule has 0 heterocycles. The average molecular weight is 140 g/mol. The van der Waals surface area contributed by atoms with E-state index in [-0.39, 0.29) is 12.2 Å². The molecule has 0 aliphatic carbocycles. The molecule has 0 rings (SSSR count). The second kappa shape index (κ2) is 6.13. The SMILES string of the molecule is [B]CC(=O)NCCNC=O. The Labute approximate surface area is 60.8 Å². The van der Waals surface area contributed by atoms with Gasteiger partial charge in [0.1, 0.15) is 0 Å². The molecular weight excluding hydrogens is 131 g/mol. The third-order valence-corrected chi connectivity index (χ3v) is 0.860. The van der Waals surface area contributed by atoms with E-state index in [1.54, 1.807) is 0 Å². The predicted octanol–water partition coefficient (Wildman–Crippen LogP) is -1.56. The normalized spacial score (nSPS) is 8.40. The highest BCUT2D eigenvalue weighted by Crippen LogP contribution is 1.68. The molecule has 0 bridgehead atoms. The maximum atomic E-state index is 10.4. The summed E-state index contributed by atoms with van der Waals surface area (Å²) in [5.41, 5.74) is 0. The minimum absolute atomic E-state index is 0.0128. The van der Waals surface area contributed by atoms with Crippen molar-refractivity contribution in [2.45, 2.75) is 6.32 Å². The Morgan fingerprint density at radius 3 is 2.70 bits per heavy atom. The van der Waals surface area contributed by atoms with Crippen LogP contribution in [0.3, 0.4) is 0 Å². The Morgan fingerprint density at radius 1 is 1.50 bits per heavy atom. The first kappa shape index (κ1) is 9.00. The molecule has 0 spiro atoms. The van der Waals surface area contributed by atoms with Crippen LogP contribution in [-0.4, -0.2) is 33.3 Å². The van der Waals surface area contributed by atoms with Crippen molar-refractivity contribution in [2.24, 2.45) is 0 Å². The van der Waals surface area contributed by atoms with Crippen LogP contribution in [0, 0.1) is 0 Å². The van der Waals surface area contributed by atoms with Crippen molar-refractivity contribution in [1.82, 2.24) is 10.6 Å². The van der Waals surface area contributed by atoms with Gasteiger partial charge in [0.2, 0.25) is 12.3 Å². The van der Waals surface area contributed by atoms with Crippen molar-refractivity contribution < 1.29 is 9.59 Å². The first-order valence-corrected chi connectivity index (χ1v) is 2.95. The summed E-state index contributed by atoms with van der Waals surface area (Å²) in [6.45, 7) is 0.865. The lowest BCUT2D eigenvalue weighted by atomic mass is 10.1. The lowest BCUT2D eigenvalue weighted by molar-refractivity contribution is -0.119. The van der Waals surface area contributed by atoms with Crippen molar-refractivity contribution in [3.8, 4) is 0 Å². The van der Waals surface area contributed by atoms with Crippen LogP contribution in [0.1, 0.15) is 0 Å². The molecule has 54 valence electrons. The molecule has 0 aliphatic heterocycles. The number of rotatable bonds is 5.